The molecule has 0 aliphatic heterocycles. The predicted octanol–water partition coefficient (Wildman–Crippen LogP) is 4.25. The van der Waals surface area contributed by atoms with Gasteiger partial charge in [-0.1, -0.05) is 17.7 Å². The van der Waals surface area contributed by atoms with E-state index in [9.17, 15) is 4.39 Å². The minimum Gasteiger partial charge on any atom is -0.382 e. The number of anilines is 1. The number of hydrogen-bond acceptors (Lipinski definition) is 1. The van der Waals surface area contributed by atoms with Gasteiger partial charge in [0.05, 0.1) is 0 Å². The molecule has 0 saturated heterocycles. The molecule has 0 spiro atoms. The Kier molecular flexibility index (Phi) is 4.63. The van der Waals surface area contributed by atoms with Crippen molar-refractivity contribution in [3.8, 4) is 0 Å². The van der Waals surface area contributed by atoms with E-state index in [1.165, 1.54) is 12.1 Å². The first kappa shape index (κ1) is 12.1. The van der Waals surface area contributed by atoms with Crippen LogP contribution < -0.4 is 5.32 Å². The molecule has 0 radical (unpaired) electrons. The SMILES string of the molecule is C=CCCC(C)Nc1cc(F)cc(Cl)c1. The highest BCUT2D eigenvalue weighted by atomic mass is 35.5. The second-order valence-corrected chi connectivity index (χ2v) is 4.01. The Hall–Kier alpha value is -1.02. The summed E-state index contributed by atoms with van der Waals surface area (Å²) in [6.45, 7) is 5.70. The molecule has 0 bridgehead atoms. The van der Waals surface area contributed by atoms with Crippen LogP contribution in [0.2, 0.25) is 5.02 Å². The predicted molar refractivity (Wildman–Crippen MR) is 63.9 cm³/mol. The molecule has 82 valence electrons. The van der Waals surface area contributed by atoms with Gasteiger partial charge >= 0.3 is 0 Å². The van der Waals surface area contributed by atoms with E-state index in [2.05, 4.69) is 11.9 Å². The van der Waals surface area contributed by atoms with Crippen molar-refractivity contribution in [1.29, 1.82) is 0 Å². The first-order valence-electron chi connectivity index (χ1n) is 4.95. The summed E-state index contributed by atoms with van der Waals surface area (Å²) in [6.07, 6.45) is 3.78. The number of nitrogens with one attached hydrogen (secondary N) is 1. The van der Waals surface area contributed by atoms with Crippen LogP contribution in [0.5, 0.6) is 0 Å². The van der Waals surface area contributed by atoms with Gasteiger partial charge in [0, 0.05) is 16.8 Å². The lowest BCUT2D eigenvalue weighted by molar-refractivity contribution is 0.627. The molecule has 1 aromatic rings. The van der Waals surface area contributed by atoms with E-state index >= 15 is 0 Å². The fraction of sp³-hybridized carbons (Fsp3) is 0.333. The van der Waals surface area contributed by atoms with E-state index in [0.717, 1.165) is 18.5 Å². The van der Waals surface area contributed by atoms with Crippen LogP contribution in [-0.2, 0) is 0 Å². The van der Waals surface area contributed by atoms with E-state index in [1.54, 1.807) is 6.07 Å². The van der Waals surface area contributed by atoms with Crippen LogP contribution in [0.4, 0.5) is 10.1 Å². The molecule has 0 aromatic heterocycles. The Labute approximate surface area is 95.0 Å². The smallest absolute Gasteiger partial charge is 0.126 e. The van der Waals surface area contributed by atoms with Crippen molar-refractivity contribution < 1.29 is 4.39 Å². The highest BCUT2D eigenvalue weighted by molar-refractivity contribution is 6.30. The molecule has 0 heterocycles. The average molecular weight is 228 g/mol. The largest absolute Gasteiger partial charge is 0.382 e. The molecular formula is C12H15ClFN. The van der Waals surface area contributed by atoms with Crippen molar-refractivity contribution in [2.24, 2.45) is 0 Å². The molecule has 1 nitrogen and oxygen atoms in total. The van der Waals surface area contributed by atoms with Crippen LogP contribution in [0.15, 0.2) is 30.9 Å². The molecule has 3 heteroatoms. The topological polar surface area (TPSA) is 12.0 Å². The van der Waals surface area contributed by atoms with Crippen molar-refractivity contribution in [3.63, 3.8) is 0 Å². The van der Waals surface area contributed by atoms with E-state index < -0.39 is 0 Å². The summed E-state index contributed by atoms with van der Waals surface area (Å²) >= 11 is 5.74. The highest BCUT2D eigenvalue weighted by Gasteiger charge is 2.03. The van der Waals surface area contributed by atoms with Crippen LogP contribution >= 0.6 is 11.6 Å². The standard InChI is InChI=1S/C12H15ClFN/c1-3-4-5-9(2)15-12-7-10(13)6-11(14)8-12/h3,6-9,15H,1,4-5H2,2H3. The summed E-state index contributed by atoms with van der Waals surface area (Å²) < 4.78 is 13.0. The quantitative estimate of drug-likeness (QED) is 0.742. The number of benzene rings is 1. The van der Waals surface area contributed by atoms with Crippen molar-refractivity contribution in [3.05, 3.63) is 41.7 Å². The van der Waals surface area contributed by atoms with Gasteiger partial charge in [-0.3, -0.25) is 0 Å². The Morgan fingerprint density at radius 2 is 2.27 bits per heavy atom. The Morgan fingerprint density at radius 1 is 1.53 bits per heavy atom. The molecule has 0 saturated carbocycles. The molecule has 0 fully saturated rings. The van der Waals surface area contributed by atoms with Gasteiger partial charge < -0.3 is 5.32 Å². The monoisotopic (exact) mass is 227 g/mol. The van der Waals surface area contributed by atoms with Gasteiger partial charge in [-0.2, -0.15) is 0 Å². The normalized spacial score (nSPS) is 12.2. The highest BCUT2D eigenvalue weighted by Crippen LogP contribution is 2.19. The molecule has 1 rings (SSSR count). The molecule has 1 atom stereocenters. The van der Waals surface area contributed by atoms with E-state index in [1.807, 2.05) is 13.0 Å². The molecule has 1 aromatic carbocycles. The van der Waals surface area contributed by atoms with Gasteiger partial charge in [0.25, 0.3) is 0 Å². The molecule has 1 unspecified atom stereocenters. The first-order valence-corrected chi connectivity index (χ1v) is 5.33. The van der Waals surface area contributed by atoms with Crippen LogP contribution in [-0.4, -0.2) is 6.04 Å². The van der Waals surface area contributed by atoms with Gasteiger partial charge in [0.15, 0.2) is 0 Å². The molecule has 1 N–H and O–H groups in total. The molecule has 15 heavy (non-hydrogen) atoms. The zero-order valence-electron chi connectivity index (χ0n) is 8.76. The van der Waals surface area contributed by atoms with Crippen molar-refractivity contribution >= 4 is 17.3 Å². The number of rotatable bonds is 5. The molecule has 0 aliphatic carbocycles. The van der Waals surface area contributed by atoms with Crippen molar-refractivity contribution in [2.75, 3.05) is 5.32 Å². The lowest BCUT2D eigenvalue weighted by Crippen LogP contribution is -2.14. The van der Waals surface area contributed by atoms with E-state index in [0.29, 0.717) is 5.02 Å². The lowest BCUT2D eigenvalue weighted by atomic mass is 10.1. The van der Waals surface area contributed by atoms with Gasteiger partial charge in [-0.25, -0.2) is 4.39 Å². The third-order valence-corrected chi connectivity index (χ3v) is 2.30. The minimum atomic E-state index is -0.319. The summed E-state index contributed by atoms with van der Waals surface area (Å²) in [5, 5.41) is 3.60. The zero-order valence-corrected chi connectivity index (χ0v) is 9.52. The number of hydrogen-bond donors (Lipinski definition) is 1. The average Bonchev–Trinajstić information content (AvgIpc) is 2.13. The second kappa shape index (κ2) is 5.76. The van der Waals surface area contributed by atoms with Crippen molar-refractivity contribution in [1.82, 2.24) is 0 Å². The summed E-state index contributed by atoms with van der Waals surface area (Å²) in [5.74, 6) is -0.319. The van der Waals surface area contributed by atoms with Gasteiger partial charge in [0.1, 0.15) is 5.82 Å². The molecular weight excluding hydrogens is 213 g/mol. The third-order valence-electron chi connectivity index (χ3n) is 2.08. The maximum Gasteiger partial charge on any atom is 0.126 e. The third kappa shape index (κ3) is 4.34. The maximum atomic E-state index is 13.0. The Morgan fingerprint density at radius 3 is 2.87 bits per heavy atom. The fourth-order valence-electron chi connectivity index (χ4n) is 1.36. The molecule has 0 amide bonds. The first-order chi connectivity index (χ1) is 7.11. The Bertz CT molecular complexity index is 318. The lowest BCUT2D eigenvalue weighted by Gasteiger charge is -2.14. The zero-order chi connectivity index (χ0) is 11.3. The van der Waals surface area contributed by atoms with E-state index in [-0.39, 0.29) is 11.9 Å². The van der Waals surface area contributed by atoms with Crippen molar-refractivity contribution in [2.45, 2.75) is 25.8 Å². The van der Waals surface area contributed by atoms with Gasteiger partial charge in [-0.15, -0.1) is 6.58 Å². The number of halogens is 2. The van der Waals surface area contributed by atoms with Gasteiger partial charge in [0.2, 0.25) is 0 Å². The number of allylic oxidation sites excluding steroid dienone is 1. The van der Waals surface area contributed by atoms with Crippen LogP contribution in [0.3, 0.4) is 0 Å². The van der Waals surface area contributed by atoms with Gasteiger partial charge in [-0.05, 0) is 38.0 Å². The van der Waals surface area contributed by atoms with E-state index in [4.69, 9.17) is 11.6 Å². The van der Waals surface area contributed by atoms with Crippen LogP contribution in [0.1, 0.15) is 19.8 Å². The summed E-state index contributed by atoms with van der Waals surface area (Å²) in [7, 11) is 0. The summed E-state index contributed by atoms with van der Waals surface area (Å²) in [6, 6.07) is 4.73. The summed E-state index contributed by atoms with van der Waals surface area (Å²) in [4.78, 5) is 0. The minimum absolute atomic E-state index is 0.279. The van der Waals surface area contributed by atoms with Crippen LogP contribution in [0.25, 0.3) is 0 Å². The maximum absolute atomic E-state index is 13.0. The Balaban J connectivity index is 2.59. The fourth-order valence-corrected chi connectivity index (χ4v) is 1.58. The van der Waals surface area contributed by atoms with Crippen LogP contribution in [0, 0.1) is 5.82 Å². The summed E-state index contributed by atoms with van der Waals surface area (Å²) in [5.41, 5.74) is 0.719. The second-order valence-electron chi connectivity index (χ2n) is 3.57. The molecule has 0 aliphatic rings.